The maximum Gasteiger partial charge on any atom is 0.313 e. The van der Waals surface area contributed by atoms with E-state index in [9.17, 15) is 14.7 Å². The van der Waals surface area contributed by atoms with Crippen molar-refractivity contribution in [2.45, 2.75) is 51.5 Å². The molecule has 19 heavy (non-hydrogen) atoms. The number of rotatable bonds is 5. The van der Waals surface area contributed by atoms with Crippen LogP contribution in [0.25, 0.3) is 0 Å². The summed E-state index contributed by atoms with van der Waals surface area (Å²) in [7, 11) is 0. The molecule has 2 aliphatic rings. The number of carbonyl (C=O) groups excluding carboxylic acids is 1. The molecule has 0 spiro atoms. The standard InChI is InChI=1S/C14H23NO4/c1-14(13(17)18)9-19-8-11(14)15-12(16)7-6-10-4-2-3-5-10/h10-11H,2-9H2,1H3,(H,15,16)(H,17,18). The first kappa shape index (κ1) is 14.3. The number of aliphatic carboxylic acids is 1. The van der Waals surface area contributed by atoms with E-state index in [2.05, 4.69) is 5.32 Å². The Morgan fingerprint density at radius 3 is 2.68 bits per heavy atom. The predicted molar refractivity (Wildman–Crippen MR) is 69.7 cm³/mol. The fourth-order valence-corrected chi connectivity index (χ4v) is 2.99. The van der Waals surface area contributed by atoms with Crippen LogP contribution in [0, 0.1) is 11.3 Å². The number of nitrogens with one attached hydrogen (secondary N) is 1. The number of carboxylic acid groups (broad SMARTS) is 1. The number of carbonyl (C=O) groups is 2. The molecule has 1 amide bonds. The molecule has 2 atom stereocenters. The molecular formula is C14H23NO4. The molecule has 2 rings (SSSR count). The maximum absolute atomic E-state index is 11.9. The van der Waals surface area contributed by atoms with Gasteiger partial charge >= 0.3 is 5.97 Å². The smallest absolute Gasteiger partial charge is 0.313 e. The zero-order valence-corrected chi connectivity index (χ0v) is 11.5. The van der Waals surface area contributed by atoms with Gasteiger partial charge in [0.2, 0.25) is 5.91 Å². The van der Waals surface area contributed by atoms with E-state index < -0.39 is 17.4 Å². The number of ether oxygens (including phenoxy) is 1. The molecule has 5 heteroatoms. The molecule has 0 aromatic heterocycles. The van der Waals surface area contributed by atoms with Crippen molar-refractivity contribution in [1.29, 1.82) is 0 Å². The molecule has 1 heterocycles. The highest BCUT2D eigenvalue weighted by molar-refractivity contribution is 5.80. The predicted octanol–water partition coefficient (Wildman–Crippen LogP) is 1.56. The Balaban J connectivity index is 1.79. The lowest BCUT2D eigenvalue weighted by molar-refractivity contribution is -0.149. The van der Waals surface area contributed by atoms with Gasteiger partial charge in [-0.15, -0.1) is 0 Å². The number of amides is 1. The Hall–Kier alpha value is -1.10. The van der Waals surface area contributed by atoms with E-state index in [-0.39, 0.29) is 19.1 Å². The second-order valence-corrected chi connectivity index (χ2v) is 6.05. The minimum Gasteiger partial charge on any atom is -0.481 e. The van der Waals surface area contributed by atoms with Crippen LogP contribution in [0.5, 0.6) is 0 Å². The third-order valence-corrected chi connectivity index (χ3v) is 4.53. The minimum absolute atomic E-state index is 0.0464. The molecule has 2 unspecified atom stereocenters. The maximum atomic E-state index is 11.9. The summed E-state index contributed by atoms with van der Waals surface area (Å²) in [6.07, 6.45) is 6.43. The minimum atomic E-state index is -0.997. The fourth-order valence-electron chi connectivity index (χ4n) is 2.99. The van der Waals surface area contributed by atoms with Gasteiger partial charge in [-0.1, -0.05) is 25.7 Å². The van der Waals surface area contributed by atoms with Gasteiger partial charge in [0.25, 0.3) is 0 Å². The highest BCUT2D eigenvalue weighted by Crippen LogP contribution is 2.30. The van der Waals surface area contributed by atoms with Crippen molar-refractivity contribution in [2.24, 2.45) is 11.3 Å². The van der Waals surface area contributed by atoms with Crippen LogP contribution in [0.2, 0.25) is 0 Å². The van der Waals surface area contributed by atoms with Crippen molar-refractivity contribution in [3.63, 3.8) is 0 Å². The van der Waals surface area contributed by atoms with Crippen molar-refractivity contribution >= 4 is 11.9 Å². The molecule has 0 bridgehead atoms. The molecule has 1 saturated carbocycles. The Morgan fingerprint density at radius 2 is 2.05 bits per heavy atom. The lowest BCUT2D eigenvalue weighted by atomic mass is 9.85. The summed E-state index contributed by atoms with van der Waals surface area (Å²) in [5, 5.41) is 12.1. The lowest BCUT2D eigenvalue weighted by Crippen LogP contribution is -2.49. The van der Waals surface area contributed by atoms with Gasteiger partial charge in [-0.05, 0) is 19.3 Å². The van der Waals surface area contributed by atoms with Crippen molar-refractivity contribution in [3.05, 3.63) is 0 Å². The SMILES string of the molecule is CC1(C(=O)O)COCC1NC(=O)CCC1CCCC1. The topological polar surface area (TPSA) is 75.6 Å². The van der Waals surface area contributed by atoms with Crippen LogP contribution in [0.15, 0.2) is 0 Å². The van der Waals surface area contributed by atoms with Gasteiger partial charge < -0.3 is 15.2 Å². The molecule has 2 N–H and O–H groups in total. The lowest BCUT2D eigenvalue weighted by Gasteiger charge is -2.25. The highest BCUT2D eigenvalue weighted by Gasteiger charge is 2.47. The summed E-state index contributed by atoms with van der Waals surface area (Å²) in [5.41, 5.74) is -0.997. The van der Waals surface area contributed by atoms with E-state index in [1.54, 1.807) is 6.92 Å². The second-order valence-electron chi connectivity index (χ2n) is 6.05. The number of hydrogen-bond acceptors (Lipinski definition) is 3. The molecule has 0 aromatic carbocycles. The largest absolute Gasteiger partial charge is 0.481 e. The third kappa shape index (κ3) is 3.26. The zero-order chi connectivity index (χ0) is 13.9. The van der Waals surface area contributed by atoms with Crippen LogP contribution < -0.4 is 5.32 Å². The Bertz CT molecular complexity index is 351. The Labute approximate surface area is 113 Å². The quantitative estimate of drug-likeness (QED) is 0.794. The van der Waals surface area contributed by atoms with Gasteiger partial charge in [0.05, 0.1) is 19.3 Å². The first-order valence-electron chi connectivity index (χ1n) is 7.13. The van der Waals surface area contributed by atoms with Crippen molar-refractivity contribution in [2.75, 3.05) is 13.2 Å². The van der Waals surface area contributed by atoms with Gasteiger partial charge in [0, 0.05) is 6.42 Å². The van der Waals surface area contributed by atoms with Gasteiger partial charge in [-0.25, -0.2) is 0 Å². The molecule has 0 radical (unpaired) electrons. The van der Waals surface area contributed by atoms with Gasteiger partial charge in [0.15, 0.2) is 0 Å². The summed E-state index contributed by atoms with van der Waals surface area (Å²) in [6.45, 7) is 2.08. The van der Waals surface area contributed by atoms with Crippen LogP contribution in [0.1, 0.15) is 45.4 Å². The second kappa shape index (κ2) is 5.90. The van der Waals surface area contributed by atoms with Crippen molar-refractivity contribution in [3.8, 4) is 0 Å². The third-order valence-electron chi connectivity index (χ3n) is 4.53. The normalized spacial score (nSPS) is 31.5. The van der Waals surface area contributed by atoms with E-state index in [4.69, 9.17) is 4.74 Å². The zero-order valence-electron chi connectivity index (χ0n) is 11.5. The first-order chi connectivity index (χ1) is 9.02. The van der Waals surface area contributed by atoms with E-state index in [1.807, 2.05) is 0 Å². The van der Waals surface area contributed by atoms with Crippen LogP contribution in [0.4, 0.5) is 0 Å². The number of hydrogen-bond donors (Lipinski definition) is 2. The van der Waals surface area contributed by atoms with E-state index >= 15 is 0 Å². The van der Waals surface area contributed by atoms with E-state index in [0.29, 0.717) is 12.3 Å². The molecule has 1 saturated heterocycles. The van der Waals surface area contributed by atoms with Crippen LogP contribution >= 0.6 is 0 Å². The van der Waals surface area contributed by atoms with Gasteiger partial charge in [0.1, 0.15) is 5.41 Å². The van der Waals surface area contributed by atoms with Crippen molar-refractivity contribution in [1.82, 2.24) is 5.32 Å². The Kier molecular flexibility index (Phi) is 4.45. The van der Waals surface area contributed by atoms with E-state index in [0.717, 1.165) is 6.42 Å². The molecular weight excluding hydrogens is 246 g/mol. The summed E-state index contributed by atoms with van der Waals surface area (Å²) in [4.78, 5) is 23.2. The van der Waals surface area contributed by atoms with Crippen LogP contribution in [-0.4, -0.2) is 36.2 Å². The fraction of sp³-hybridized carbons (Fsp3) is 0.857. The summed E-state index contributed by atoms with van der Waals surface area (Å²) < 4.78 is 5.22. The van der Waals surface area contributed by atoms with E-state index in [1.165, 1.54) is 25.7 Å². The average Bonchev–Trinajstić information content (AvgIpc) is 2.98. The van der Waals surface area contributed by atoms with Crippen LogP contribution in [0.3, 0.4) is 0 Å². The highest BCUT2D eigenvalue weighted by atomic mass is 16.5. The monoisotopic (exact) mass is 269 g/mol. The average molecular weight is 269 g/mol. The molecule has 108 valence electrons. The first-order valence-corrected chi connectivity index (χ1v) is 7.13. The van der Waals surface area contributed by atoms with Gasteiger partial charge in [-0.2, -0.15) is 0 Å². The summed E-state index contributed by atoms with van der Waals surface area (Å²) in [5.74, 6) is -0.280. The summed E-state index contributed by atoms with van der Waals surface area (Å²) in [6, 6.07) is -0.416. The molecule has 5 nitrogen and oxygen atoms in total. The van der Waals surface area contributed by atoms with Gasteiger partial charge in [-0.3, -0.25) is 9.59 Å². The summed E-state index contributed by atoms with van der Waals surface area (Å²) >= 11 is 0. The molecule has 2 fully saturated rings. The Morgan fingerprint density at radius 1 is 1.37 bits per heavy atom. The van der Waals surface area contributed by atoms with Crippen LogP contribution in [-0.2, 0) is 14.3 Å². The number of carboxylic acids is 1. The van der Waals surface area contributed by atoms with Crippen molar-refractivity contribution < 1.29 is 19.4 Å². The molecule has 1 aliphatic carbocycles. The molecule has 1 aliphatic heterocycles. The molecule has 0 aromatic rings.